The lowest BCUT2D eigenvalue weighted by Crippen LogP contribution is -2.11. The van der Waals surface area contributed by atoms with E-state index in [0.29, 0.717) is 27.3 Å². The fraction of sp³-hybridized carbons (Fsp3) is 0.273. The topological polar surface area (TPSA) is 83.1 Å². The number of benzene rings is 2. The molecule has 0 bridgehead atoms. The summed E-state index contributed by atoms with van der Waals surface area (Å²) in [5.74, 6) is 3.51. The first-order valence-corrected chi connectivity index (χ1v) is 10.7. The van der Waals surface area contributed by atoms with Crippen LogP contribution < -0.4 is 4.74 Å². The van der Waals surface area contributed by atoms with Gasteiger partial charge in [-0.3, -0.25) is 14.7 Å². The molecule has 0 amide bonds. The van der Waals surface area contributed by atoms with Crippen LogP contribution in [0.15, 0.2) is 41.6 Å². The van der Waals surface area contributed by atoms with Crippen LogP contribution in [0, 0.1) is 43.2 Å². The number of nitro groups is 1. The van der Waals surface area contributed by atoms with Gasteiger partial charge < -0.3 is 4.74 Å². The van der Waals surface area contributed by atoms with Crippen LogP contribution in [0.25, 0.3) is 5.69 Å². The zero-order valence-electron chi connectivity index (χ0n) is 17.3. The Morgan fingerprint density at radius 3 is 2.65 bits per heavy atom. The molecular formula is C22H21ClN4O3S. The molecule has 1 aromatic heterocycles. The predicted molar refractivity (Wildman–Crippen MR) is 122 cm³/mol. The molecule has 3 aromatic rings. The van der Waals surface area contributed by atoms with Gasteiger partial charge in [-0.1, -0.05) is 41.4 Å². The van der Waals surface area contributed by atoms with Crippen molar-refractivity contribution in [3.63, 3.8) is 0 Å². The molecule has 1 atom stereocenters. The van der Waals surface area contributed by atoms with E-state index >= 15 is 0 Å². The maximum atomic E-state index is 11.4. The Hall–Kier alpha value is -3.02. The molecule has 0 N–H and O–H groups in total. The van der Waals surface area contributed by atoms with Gasteiger partial charge in [0.2, 0.25) is 6.54 Å². The van der Waals surface area contributed by atoms with Crippen molar-refractivity contribution >= 4 is 23.4 Å². The molecule has 0 aliphatic rings. The third kappa shape index (κ3) is 5.37. The zero-order chi connectivity index (χ0) is 22.5. The van der Waals surface area contributed by atoms with Crippen LogP contribution in [0.1, 0.15) is 27.8 Å². The van der Waals surface area contributed by atoms with E-state index in [1.165, 1.54) is 17.3 Å². The second kappa shape index (κ2) is 9.86. The average molecular weight is 457 g/mol. The maximum absolute atomic E-state index is 11.4. The molecule has 3 rings (SSSR count). The Bertz CT molecular complexity index is 1160. The van der Waals surface area contributed by atoms with E-state index in [1.54, 1.807) is 18.2 Å². The highest BCUT2D eigenvalue weighted by Crippen LogP contribution is 2.38. The van der Waals surface area contributed by atoms with Crippen molar-refractivity contribution < 1.29 is 9.66 Å². The molecule has 0 fully saturated rings. The summed E-state index contributed by atoms with van der Waals surface area (Å²) < 4.78 is 7.28. The van der Waals surface area contributed by atoms with Crippen molar-refractivity contribution in [2.75, 3.05) is 13.2 Å². The van der Waals surface area contributed by atoms with E-state index in [-0.39, 0.29) is 18.1 Å². The molecule has 0 aliphatic carbocycles. The number of thioether (sulfide) groups is 1. The summed E-state index contributed by atoms with van der Waals surface area (Å²) in [7, 11) is 0. The number of nitrogens with zero attached hydrogens (tertiary/aromatic N) is 4. The van der Waals surface area contributed by atoms with E-state index in [9.17, 15) is 10.1 Å². The van der Waals surface area contributed by atoms with Crippen LogP contribution in [0.3, 0.4) is 0 Å². The Morgan fingerprint density at radius 2 is 2.00 bits per heavy atom. The van der Waals surface area contributed by atoms with E-state index in [1.807, 2.05) is 43.5 Å². The van der Waals surface area contributed by atoms with Gasteiger partial charge in [0.1, 0.15) is 23.4 Å². The fourth-order valence-corrected chi connectivity index (χ4v) is 4.42. The lowest BCUT2D eigenvalue weighted by atomic mass is 10.1. The monoisotopic (exact) mass is 456 g/mol. The Kier molecular flexibility index (Phi) is 7.21. The third-order valence-corrected chi connectivity index (χ3v) is 6.22. The maximum Gasteiger partial charge on any atom is 0.220 e. The van der Waals surface area contributed by atoms with Crippen LogP contribution in [-0.2, 0) is 0 Å². The normalized spacial score (nSPS) is 11.7. The molecule has 31 heavy (non-hydrogen) atoms. The first kappa shape index (κ1) is 22.7. The molecule has 0 spiro atoms. The number of aryl methyl sites for hydroxylation is 3. The third-order valence-electron chi connectivity index (χ3n) is 4.75. The Balaban J connectivity index is 1.96. The summed E-state index contributed by atoms with van der Waals surface area (Å²) in [6.45, 7) is 5.71. The standard InChI is InChI=1S/C22H21ClN4O3S/c1-5-10-30-20-9-7-17(12-19(20)23)21(13-26(28)29)31-22-25-24-16(4)27(22)18-8-6-14(2)15(3)11-18/h1,6-9,11-12,21H,10,13H2,2-4H3/t21-/m1/s1. The zero-order valence-corrected chi connectivity index (χ0v) is 18.9. The van der Waals surface area contributed by atoms with Crippen molar-refractivity contribution in [1.82, 2.24) is 14.8 Å². The number of terminal acetylenes is 1. The highest BCUT2D eigenvalue weighted by Gasteiger charge is 2.24. The number of halogens is 1. The largest absolute Gasteiger partial charge is 0.479 e. The molecule has 9 heteroatoms. The molecule has 0 saturated carbocycles. The van der Waals surface area contributed by atoms with E-state index in [4.69, 9.17) is 22.8 Å². The molecule has 0 unspecified atom stereocenters. The predicted octanol–water partition coefficient (Wildman–Crippen LogP) is 4.97. The van der Waals surface area contributed by atoms with Gasteiger partial charge in [0.05, 0.1) is 5.02 Å². The Labute approximate surface area is 189 Å². The molecular weight excluding hydrogens is 436 g/mol. The fourth-order valence-electron chi connectivity index (χ4n) is 3.01. The van der Waals surface area contributed by atoms with Crippen molar-refractivity contribution in [3.8, 4) is 23.8 Å². The molecule has 0 radical (unpaired) electrons. The Morgan fingerprint density at radius 1 is 1.23 bits per heavy atom. The van der Waals surface area contributed by atoms with Gasteiger partial charge in [0.25, 0.3) is 0 Å². The number of ether oxygens (including phenoxy) is 1. The van der Waals surface area contributed by atoms with Crippen molar-refractivity contribution in [3.05, 3.63) is 74.0 Å². The van der Waals surface area contributed by atoms with Crippen molar-refractivity contribution in [2.24, 2.45) is 0 Å². The smallest absolute Gasteiger partial charge is 0.220 e. The van der Waals surface area contributed by atoms with Crippen LogP contribution in [-0.4, -0.2) is 32.8 Å². The molecule has 7 nitrogen and oxygen atoms in total. The van der Waals surface area contributed by atoms with Crippen molar-refractivity contribution in [2.45, 2.75) is 31.2 Å². The van der Waals surface area contributed by atoms with E-state index in [0.717, 1.165) is 11.3 Å². The average Bonchev–Trinajstić information content (AvgIpc) is 3.08. The minimum atomic E-state index is -0.525. The quantitative estimate of drug-likeness (QED) is 0.206. The summed E-state index contributed by atoms with van der Waals surface area (Å²) >= 11 is 7.58. The molecule has 1 heterocycles. The molecule has 2 aromatic carbocycles. The van der Waals surface area contributed by atoms with Gasteiger partial charge in [0.15, 0.2) is 5.16 Å². The summed E-state index contributed by atoms with van der Waals surface area (Å²) in [5.41, 5.74) is 3.91. The van der Waals surface area contributed by atoms with Gasteiger partial charge in [-0.15, -0.1) is 16.6 Å². The number of rotatable bonds is 8. The molecule has 0 aliphatic heterocycles. The van der Waals surface area contributed by atoms with Crippen molar-refractivity contribution in [1.29, 1.82) is 0 Å². The lowest BCUT2D eigenvalue weighted by molar-refractivity contribution is -0.479. The first-order valence-electron chi connectivity index (χ1n) is 9.44. The number of hydrogen-bond acceptors (Lipinski definition) is 6. The van der Waals surface area contributed by atoms with Crippen LogP contribution in [0.2, 0.25) is 5.02 Å². The summed E-state index contributed by atoms with van der Waals surface area (Å²) in [6, 6.07) is 11.1. The number of aromatic nitrogens is 3. The van der Waals surface area contributed by atoms with Gasteiger partial charge in [-0.2, -0.15) is 0 Å². The number of hydrogen-bond donors (Lipinski definition) is 0. The van der Waals surface area contributed by atoms with Gasteiger partial charge >= 0.3 is 0 Å². The lowest BCUT2D eigenvalue weighted by Gasteiger charge is -2.16. The van der Waals surface area contributed by atoms with Crippen LogP contribution in [0.5, 0.6) is 5.75 Å². The minimum absolute atomic E-state index is 0.0878. The minimum Gasteiger partial charge on any atom is -0.479 e. The summed E-state index contributed by atoms with van der Waals surface area (Å²) in [6.07, 6.45) is 5.22. The van der Waals surface area contributed by atoms with E-state index in [2.05, 4.69) is 16.1 Å². The van der Waals surface area contributed by atoms with Gasteiger partial charge in [-0.25, -0.2) is 0 Å². The SMILES string of the molecule is C#CCOc1ccc([C@@H](C[N+](=O)[O-])Sc2nnc(C)n2-c2ccc(C)c(C)c2)cc1Cl. The second-order valence-corrected chi connectivity index (χ2v) is 8.52. The van der Waals surface area contributed by atoms with E-state index < -0.39 is 5.25 Å². The van der Waals surface area contributed by atoms with Gasteiger partial charge in [-0.05, 0) is 61.7 Å². The highest BCUT2D eigenvalue weighted by molar-refractivity contribution is 7.99. The molecule has 160 valence electrons. The van der Waals surface area contributed by atoms with Gasteiger partial charge in [0, 0.05) is 10.6 Å². The summed E-state index contributed by atoms with van der Waals surface area (Å²) in [4.78, 5) is 11.0. The second-order valence-electron chi connectivity index (χ2n) is 6.94. The van der Waals surface area contributed by atoms with Crippen LogP contribution in [0.4, 0.5) is 0 Å². The highest BCUT2D eigenvalue weighted by atomic mass is 35.5. The van der Waals surface area contributed by atoms with Crippen LogP contribution >= 0.6 is 23.4 Å². The summed E-state index contributed by atoms with van der Waals surface area (Å²) in [5, 5.41) is 20.2. The first-order chi connectivity index (χ1) is 14.8. The molecule has 0 saturated heterocycles.